The summed E-state index contributed by atoms with van der Waals surface area (Å²) in [6.07, 6.45) is 0. The van der Waals surface area contributed by atoms with Crippen molar-refractivity contribution in [2.45, 2.75) is 6.92 Å². The predicted octanol–water partition coefficient (Wildman–Crippen LogP) is 0.526. The summed E-state index contributed by atoms with van der Waals surface area (Å²) in [5.74, 6) is -0.389. The van der Waals surface area contributed by atoms with Crippen LogP contribution in [0.15, 0.2) is 0 Å². The first kappa shape index (κ1) is 15.5. The number of carboxylic acid groups (broad SMARTS) is 1. The minimum absolute atomic E-state index is 0.231. The third-order valence-corrected chi connectivity index (χ3v) is 2.84. The molecule has 0 bridgehead atoms. The van der Waals surface area contributed by atoms with E-state index in [4.69, 9.17) is 9.47 Å². The Morgan fingerprint density at radius 3 is 2.26 bits per heavy atom. The summed E-state index contributed by atoms with van der Waals surface area (Å²) in [5, 5.41) is 13.5. The van der Waals surface area contributed by atoms with E-state index in [1.807, 2.05) is 4.90 Å². The Hall–Kier alpha value is -1.60. The second-order valence-corrected chi connectivity index (χ2v) is 4.19. The number of aromatic carboxylic acids is 1. The summed E-state index contributed by atoms with van der Waals surface area (Å²) in [6, 6.07) is 0. The molecular weight excluding hydrogens is 250 g/mol. The van der Waals surface area contributed by atoms with Gasteiger partial charge in [-0.25, -0.2) is 4.79 Å². The zero-order valence-electron chi connectivity index (χ0n) is 11.8. The molecule has 0 spiro atoms. The molecule has 19 heavy (non-hydrogen) atoms. The number of anilines is 1. The van der Waals surface area contributed by atoms with E-state index in [9.17, 15) is 9.90 Å². The Morgan fingerprint density at radius 1 is 1.32 bits per heavy atom. The molecular formula is C12H21N3O4. The molecule has 0 saturated heterocycles. The van der Waals surface area contributed by atoms with Crippen molar-refractivity contribution in [3.05, 3.63) is 11.3 Å². The van der Waals surface area contributed by atoms with E-state index < -0.39 is 5.97 Å². The molecule has 1 aromatic rings. The van der Waals surface area contributed by atoms with Crippen LogP contribution in [0.25, 0.3) is 0 Å². The van der Waals surface area contributed by atoms with Crippen molar-refractivity contribution in [3.8, 4) is 0 Å². The highest BCUT2D eigenvalue weighted by atomic mass is 16.5. The first-order chi connectivity index (χ1) is 9.02. The Balaban J connectivity index is 3.09. The minimum atomic E-state index is -0.972. The maximum Gasteiger partial charge on any atom is 0.341 e. The Kier molecular flexibility index (Phi) is 5.78. The van der Waals surface area contributed by atoms with Gasteiger partial charge in [-0.2, -0.15) is 5.10 Å². The topological polar surface area (TPSA) is 76.8 Å². The monoisotopic (exact) mass is 271 g/mol. The van der Waals surface area contributed by atoms with Crippen LogP contribution in [-0.4, -0.2) is 61.4 Å². The van der Waals surface area contributed by atoms with Crippen molar-refractivity contribution in [2.24, 2.45) is 7.05 Å². The second-order valence-electron chi connectivity index (χ2n) is 4.19. The summed E-state index contributed by atoms with van der Waals surface area (Å²) in [6.45, 7) is 3.87. The van der Waals surface area contributed by atoms with Crippen LogP contribution in [0.2, 0.25) is 0 Å². The van der Waals surface area contributed by atoms with Gasteiger partial charge in [-0.15, -0.1) is 0 Å². The number of methoxy groups -OCH3 is 2. The van der Waals surface area contributed by atoms with Crippen LogP contribution in [0, 0.1) is 6.92 Å². The van der Waals surface area contributed by atoms with E-state index in [1.54, 1.807) is 32.9 Å². The van der Waals surface area contributed by atoms with Gasteiger partial charge in [0.2, 0.25) is 0 Å². The number of aryl methyl sites for hydroxylation is 2. The number of hydrogen-bond acceptors (Lipinski definition) is 5. The summed E-state index contributed by atoms with van der Waals surface area (Å²) in [4.78, 5) is 13.3. The molecule has 0 fully saturated rings. The highest BCUT2D eigenvalue weighted by molar-refractivity contribution is 5.94. The van der Waals surface area contributed by atoms with Gasteiger partial charge in [-0.3, -0.25) is 4.68 Å². The molecule has 0 saturated carbocycles. The lowest BCUT2D eigenvalue weighted by atomic mass is 10.2. The van der Waals surface area contributed by atoms with Gasteiger partial charge < -0.3 is 19.5 Å². The number of carbonyl (C=O) groups is 1. The van der Waals surface area contributed by atoms with Crippen LogP contribution in [0.1, 0.15) is 16.1 Å². The standard InChI is InChI=1S/C12H21N3O4/c1-9-10(12(16)17)11(14(2)13-9)15(5-7-18-3)6-8-19-4/h5-8H2,1-4H3,(H,16,17). The average Bonchev–Trinajstić information content (AvgIpc) is 2.65. The van der Waals surface area contributed by atoms with Crippen LogP contribution >= 0.6 is 0 Å². The molecule has 7 heteroatoms. The van der Waals surface area contributed by atoms with Gasteiger partial charge in [0.25, 0.3) is 0 Å². The van der Waals surface area contributed by atoms with Crippen molar-refractivity contribution in [1.82, 2.24) is 9.78 Å². The minimum Gasteiger partial charge on any atom is -0.477 e. The Labute approximate surface area is 112 Å². The van der Waals surface area contributed by atoms with E-state index in [-0.39, 0.29) is 5.56 Å². The van der Waals surface area contributed by atoms with Gasteiger partial charge >= 0.3 is 5.97 Å². The molecule has 1 N–H and O–H groups in total. The molecule has 0 unspecified atom stereocenters. The first-order valence-corrected chi connectivity index (χ1v) is 6.02. The molecule has 7 nitrogen and oxygen atoms in total. The number of carboxylic acids is 1. The van der Waals surface area contributed by atoms with Crippen LogP contribution in [0.5, 0.6) is 0 Å². The lowest BCUT2D eigenvalue weighted by Gasteiger charge is -2.24. The molecule has 0 amide bonds. The molecule has 0 aliphatic rings. The van der Waals surface area contributed by atoms with Crippen molar-refractivity contribution in [3.63, 3.8) is 0 Å². The zero-order valence-corrected chi connectivity index (χ0v) is 11.8. The Bertz CT molecular complexity index is 423. The SMILES string of the molecule is COCCN(CCOC)c1c(C(=O)O)c(C)nn1C. The molecule has 1 rings (SSSR count). The van der Waals surface area contributed by atoms with E-state index in [1.165, 1.54) is 0 Å². The average molecular weight is 271 g/mol. The zero-order chi connectivity index (χ0) is 14.4. The van der Waals surface area contributed by atoms with Crippen LogP contribution < -0.4 is 4.90 Å². The summed E-state index contributed by atoms with van der Waals surface area (Å²) in [5.41, 5.74) is 0.736. The fraction of sp³-hybridized carbons (Fsp3) is 0.667. The summed E-state index contributed by atoms with van der Waals surface area (Å²) < 4.78 is 11.7. The number of hydrogen-bond donors (Lipinski definition) is 1. The Morgan fingerprint density at radius 2 is 1.84 bits per heavy atom. The highest BCUT2D eigenvalue weighted by Crippen LogP contribution is 2.23. The summed E-state index contributed by atoms with van der Waals surface area (Å²) in [7, 11) is 4.96. The predicted molar refractivity (Wildman–Crippen MR) is 70.9 cm³/mol. The van der Waals surface area contributed by atoms with Crippen LogP contribution in [0.3, 0.4) is 0 Å². The maximum absolute atomic E-state index is 11.4. The number of aromatic nitrogens is 2. The third kappa shape index (κ3) is 3.68. The summed E-state index contributed by atoms with van der Waals surface area (Å²) >= 11 is 0. The molecule has 0 atom stereocenters. The van der Waals surface area contributed by atoms with Crippen LogP contribution in [-0.2, 0) is 16.5 Å². The molecule has 0 aliphatic carbocycles. The van der Waals surface area contributed by atoms with Crippen molar-refractivity contribution in [2.75, 3.05) is 45.4 Å². The lowest BCUT2D eigenvalue weighted by Crippen LogP contribution is -2.33. The molecule has 108 valence electrons. The quantitative estimate of drug-likeness (QED) is 0.743. The molecule has 1 aromatic heterocycles. The van der Waals surface area contributed by atoms with E-state index in [2.05, 4.69) is 5.10 Å². The largest absolute Gasteiger partial charge is 0.477 e. The number of ether oxygens (including phenoxy) is 2. The van der Waals surface area contributed by atoms with Crippen molar-refractivity contribution < 1.29 is 19.4 Å². The van der Waals surface area contributed by atoms with Gasteiger partial charge in [-0.1, -0.05) is 0 Å². The fourth-order valence-electron chi connectivity index (χ4n) is 1.99. The number of rotatable bonds is 8. The highest BCUT2D eigenvalue weighted by Gasteiger charge is 2.23. The number of nitrogens with zero attached hydrogens (tertiary/aromatic N) is 3. The fourth-order valence-corrected chi connectivity index (χ4v) is 1.99. The third-order valence-electron chi connectivity index (χ3n) is 2.84. The molecule has 0 radical (unpaired) electrons. The smallest absolute Gasteiger partial charge is 0.341 e. The molecule has 0 aromatic carbocycles. The maximum atomic E-state index is 11.4. The molecule has 0 aliphatic heterocycles. The van der Waals surface area contributed by atoms with Gasteiger partial charge in [0, 0.05) is 34.4 Å². The van der Waals surface area contributed by atoms with Gasteiger partial charge in [0.15, 0.2) is 0 Å². The van der Waals surface area contributed by atoms with Crippen molar-refractivity contribution >= 4 is 11.8 Å². The van der Waals surface area contributed by atoms with E-state index in [0.717, 1.165) is 0 Å². The van der Waals surface area contributed by atoms with Crippen molar-refractivity contribution in [1.29, 1.82) is 0 Å². The normalized spacial score (nSPS) is 10.7. The first-order valence-electron chi connectivity index (χ1n) is 6.02. The molecule has 1 heterocycles. The second kappa shape index (κ2) is 7.10. The van der Waals surface area contributed by atoms with E-state index >= 15 is 0 Å². The lowest BCUT2D eigenvalue weighted by molar-refractivity contribution is 0.0696. The van der Waals surface area contributed by atoms with Gasteiger partial charge in [0.05, 0.1) is 18.9 Å². The van der Waals surface area contributed by atoms with Crippen LogP contribution in [0.4, 0.5) is 5.82 Å². The van der Waals surface area contributed by atoms with E-state index in [0.29, 0.717) is 37.8 Å². The van der Waals surface area contributed by atoms with Gasteiger partial charge in [0.1, 0.15) is 11.4 Å². The van der Waals surface area contributed by atoms with Gasteiger partial charge in [-0.05, 0) is 6.92 Å².